The third kappa shape index (κ3) is 2.39. The second-order valence-corrected chi connectivity index (χ2v) is 5.51. The first-order valence-corrected chi connectivity index (χ1v) is 7.81. The first kappa shape index (κ1) is 13.1. The maximum atomic E-state index is 5.98. The highest BCUT2D eigenvalue weighted by molar-refractivity contribution is 7.98. The Morgan fingerprint density at radius 2 is 1.55 bits per heavy atom. The van der Waals surface area contributed by atoms with Gasteiger partial charge < -0.3 is 4.42 Å². The fraction of sp³-hybridized carbons (Fsp3) is 0.111. The van der Waals surface area contributed by atoms with Crippen LogP contribution in [-0.2, 0) is 0 Å². The van der Waals surface area contributed by atoms with E-state index >= 15 is 0 Å². The second kappa shape index (κ2) is 5.59. The van der Waals surface area contributed by atoms with Crippen molar-refractivity contribution in [2.24, 2.45) is 0 Å². The highest BCUT2D eigenvalue weighted by Crippen LogP contribution is 2.38. The molecule has 0 unspecified atom stereocenters. The van der Waals surface area contributed by atoms with Crippen LogP contribution in [0.4, 0.5) is 0 Å². The van der Waals surface area contributed by atoms with Crippen LogP contribution in [0.25, 0.3) is 22.5 Å². The van der Waals surface area contributed by atoms with Crippen LogP contribution in [0, 0.1) is 6.92 Å². The average Bonchev–Trinajstić information content (AvgIpc) is 2.90. The zero-order valence-corrected chi connectivity index (χ0v) is 12.4. The van der Waals surface area contributed by atoms with E-state index in [0.29, 0.717) is 0 Å². The van der Waals surface area contributed by atoms with Gasteiger partial charge in [-0.25, -0.2) is 0 Å². The molecule has 3 rings (SSSR count). The number of rotatable bonds is 3. The van der Waals surface area contributed by atoms with E-state index < -0.39 is 0 Å². The molecule has 0 saturated carbocycles. The summed E-state index contributed by atoms with van der Waals surface area (Å²) >= 11 is 1.74. The Bertz CT molecular complexity index is 713. The lowest BCUT2D eigenvalue weighted by molar-refractivity contribution is 0.548. The normalized spacial score (nSPS) is 10.7. The molecule has 20 heavy (non-hydrogen) atoms. The minimum absolute atomic E-state index is 0.940. The van der Waals surface area contributed by atoms with E-state index in [0.717, 1.165) is 22.6 Å². The Labute approximate surface area is 123 Å². The van der Waals surface area contributed by atoms with Gasteiger partial charge in [0.2, 0.25) is 0 Å². The van der Waals surface area contributed by atoms with E-state index in [1.807, 2.05) is 13.0 Å². The molecule has 2 heteroatoms. The molecule has 0 saturated heterocycles. The van der Waals surface area contributed by atoms with Gasteiger partial charge in [-0.15, -0.1) is 11.8 Å². The molecule has 0 aliphatic carbocycles. The number of hydrogen-bond acceptors (Lipinski definition) is 2. The zero-order chi connectivity index (χ0) is 13.9. The van der Waals surface area contributed by atoms with Gasteiger partial charge >= 0.3 is 0 Å². The average molecular weight is 280 g/mol. The van der Waals surface area contributed by atoms with Crippen LogP contribution in [0.3, 0.4) is 0 Å². The minimum atomic E-state index is 0.940. The number of aryl methyl sites for hydroxylation is 1. The molecule has 0 aliphatic heterocycles. The molecule has 3 aromatic rings. The van der Waals surface area contributed by atoms with E-state index in [2.05, 4.69) is 60.9 Å². The molecule has 1 nitrogen and oxygen atoms in total. The quantitative estimate of drug-likeness (QED) is 0.576. The molecule has 1 aromatic heterocycles. The van der Waals surface area contributed by atoms with Crippen LogP contribution in [0.2, 0.25) is 0 Å². The van der Waals surface area contributed by atoms with Crippen molar-refractivity contribution in [3.05, 3.63) is 66.4 Å². The lowest BCUT2D eigenvalue weighted by Gasteiger charge is -2.07. The van der Waals surface area contributed by atoms with Crippen molar-refractivity contribution in [2.75, 3.05) is 6.26 Å². The van der Waals surface area contributed by atoms with E-state index in [1.165, 1.54) is 10.5 Å². The van der Waals surface area contributed by atoms with Gasteiger partial charge in [0.05, 0.1) is 0 Å². The molecular weight excluding hydrogens is 264 g/mol. The Morgan fingerprint density at radius 1 is 0.850 bits per heavy atom. The van der Waals surface area contributed by atoms with Gasteiger partial charge in [-0.3, -0.25) is 0 Å². The Hall–Kier alpha value is -1.93. The molecule has 0 atom stereocenters. The van der Waals surface area contributed by atoms with Crippen LogP contribution >= 0.6 is 11.8 Å². The predicted molar refractivity (Wildman–Crippen MR) is 86.1 cm³/mol. The predicted octanol–water partition coefficient (Wildman–Crippen LogP) is 5.64. The van der Waals surface area contributed by atoms with Crippen LogP contribution in [-0.4, -0.2) is 6.26 Å². The van der Waals surface area contributed by atoms with E-state index in [9.17, 15) is 0 Å². The van der Waals surface area contributed by atoms with E-state index in [1.54, 1.807) is 11.8 Å². The number of hydrogen-bond donors (Lipinski definition) is 0. The summed E-state index contributed by atoms with van der Waals surface area (Å²) in [6.45, 7) is 2.00. The van der Waals surface area contributed by atoms with Crippen LogP contribution < -0.4 is 0 Å². The molecule has 0 radical (unpaired) electrons. The maximum Gasteiger partial charge on any atom is 0.143 e. The highest BCUT2D eigenvalue weighted by Gasteiger charge is 2.15. The minimum Gasteiger partial charge on any atom is -0.461 e. The summed E-state index contributed by atoms with van der Waals surface area (Å²) in [5.74, 6) is 1.90. The third-order valence-corrected chi connectivity index (χ3v) is 4.09. The van der Waals surface area contributed by atoms with Crippen LogP contribution in [0.5, 0.6) is 0 Å². The third-order valence-electron chi connectivity index (χ3n) is 3.29. The van der Waals surface area contributed by atoms with Crippen LogP contribution in [0.1, 0.15) is 5.76 Å². The molecule has 0 spiro atoms. The van der Waals surface area contributed by atoms with Crippen molar-refractivity contribution in [1.82, 2.24) is 0 Å². The van der Waals surface area contributed by atoms with E-state index in [4.69, 9.17) is 4.42 Å². The van der Waals surface area contributed by atoms with Gasteiger partial charge in [-0.05, 0) is 30.9 Å². The number of furan rings is 1. The Morgan fingerprint density at radius 3 is 2.30 bits per heavy atom. The van der Waals surface area contributed by atoms with Crippen molar-refractivity contribution < 1.29 is 4.42 Å². The fourth-order valence-electron chi connectivity index (χ4n) is 2.38. The molecule has 0 aliphatic rings. The van der Waals surface area contributed by atoms with Gasteiger partial charge in [0.1, 0.15) is 11.5 Å². The molecule has 100 valence electrons. The number of thioether (sulfide) groups is 1. The summed E-state index contributed by atoms with van der Waals surface area (Å²) in [7, 11) is 0. The first-order valence-electron chi connectivity index (χ1n) is 6.59. The molecule has 0 amide bonds. The lowest BCUT2D eigenvalue weighted by Crippen LogP contribution is -1.82. The zero-order valence-electron chi connectivity index (χ0n) is 11.6. The fourth-order valence-corrected chi connectivity index (χ4v) is 2.97. The smallest absolute Gasteiger partial charge is 0.143 e. The van der Waals surface area contributed by atoms with Crippen molar-refractivity contribution >= 4 is 11.8 Å². The molecule has 0 N–H and O–H groups in total. The van der Waals surface area contributed by atoms with Crippen molar-refractivity contribution in [3.8, 4) is 22.5 Å². The SMILES string of the molecule is CSc1ccccc1-c1oc(C)cc1-c1ccccc1. The Balaban J connectivity index is 2.20. The van der Waals surface area contributed by atoms with Gasteiger partial charge in [-0.2, -0.15) is 0 Å². The second-order valence-electron chi connectivity index (χ2n) is 4.67. The van der Waals surface area contributed by atoms with E-state index in [-0.39, 0.29) is 0 Å². The van der Waals surface area contributed by atoms with Crippen molar-refractivity contribution in [3.63, 3.8) is 0 Å². The summed E-state index contributed by atoms with van der Waals surface area (Å²) < 4.78 is 5.98. The monoisotopic (exact) mass is 280 g/mol. The van der Waals surface area contributed by atoms with Gasteiger partial charge in [-0.1, -0.05) is 48.5 Å². The summed E-state index contributed by atoms with van der Waals surface area (Å²) in [5, 5.41) is 0. The number of benzene rings is 2. The maximum absolute atomic E-state index is 5.98. The molecule has 2 aromatic carbocycles. The van der Waals surface area contributed by atoms with Crippen molar-refractivity contribution in [2.45, 2.75) is 11.8 Å². The highest BCUT2D eigenvalue weighted by atomic mass is 32.2. The van der Waals surface area contributed by atoms with Crippen LogP contribution in [0.15, 0.2) is 70.0 Å². The lowest BCUT2D eigenvalue weighted by atomic mass is 10.0. The first-order chi connectivity index (χ1) is 9.79. The molecule has 0 bridgehead atoms. The van der Waals surface area contributed by atoms with Gasteiger partial charge in [0.25, 0.3) is 0 Å². The molecular formula is C18H16OS. The summed E-state index contributed by atoms with van der Waals surface area (Å²) in [6, 6.07) is 20.9. The summed E-state index contributed by atoms with van der Waals surface area (Å²) in [4.78, 5) is 1.24. The van der Waals surface area contributed by atoms with Gasteiger partial charge in [0.15, 0.2) is 0 Å². The molecule has 0 fully saturated rings. The Kier molecular flexibility index (Phi) is 3.66. The summed E-state index contributed by atoms with van der Waals surface area (Å²) in [6.07, 6.45) is 2.09. The van der Waals surface area contributed by atoms with Crippen molar-refractivity contribution in [1.29, 1.82) is 0 Å². The summed E-state index contributed by atoms with van der Waals surface area (Å²) in [5.41, 5.74) is 3.51. The largest absolute Gasteiger partial charge is 0.461 e. The molecule has 1 heterocycles. The topological polar surface area (TPSA) is 13.1 Å². The van der Waals surface area contributed by atoms with Gasteiger partial charge in [0, 0.05) is 16.0 Å². The standard InChI is InChI=1S/C18H16OS/c1-13-12-16(14-8-4-3-5-9-14)18(19-13)15-10-6-7-11-17(15)20-2/h3-12H,1-2H3.